The molecule has 0 saturated heterocycles. The Bertz CT molecular complexity index is 722. The minimum Gasteiger partial charge on any atom is -0.493 e. The number of ether oxygens (including phenoxy) is 3. The Kier molecular flexibility index (Phi) is 7.73. The van der Waals surface area contributed by atoms with Gasteiger partial charge in [0.05, 0.1) is 33.2 Å². The van der Waals surface area contributed by atoms with Gasteiger partial charge in [-0.25, -0.2) is 4.98 Å². The molecule has 0 aliphatic carbocycles. The van der Waals surface area contributed by atoms with Gasteiger partial charge in [0.25, 0.3) is 5.91 Å². The molecule has 0 unspecified atom stereocenters. The third kappa shape index (κ3) is 5.51. The maximum atomic E-state index is 12.1. The number of benzene rings is 1. The number of hydrogen-bond donors (Lipinski definition) is 2. The van der Waals surface area contributed by atoms with Crippen LogP contribution in [0.15, 0.2) is 30.5 Å². The van der Waals surface area contributed by atoms with E-state index in [-0.39, 0.29) is 5.91 Å². The van der Waals surface area contributed by atoms with Gasteiger partial charge >= 0.3 is 0 Å². The number of rotatable bonds is 10. The second-order valence-electron chi connectivity index (χ2n) is 5.93. The molecule has 0 saturated carbocycles. The summed E-state index contributed by atoms with van der Waals surface area (Å²) in [5.41, 5.74) is 1.89. The summed E-state index contributed by atoms with van der Waals surface area (Å²) < 4.78 is 16.0. The molecule has 7 nitrogen and oxygen atoms in total. The number of unbranched alkanes of at least 4 members (excludes halogenated alkanes) is 2. The van der Waals surface area contributed by atoms with Crippen molar-refractivity contribution in [2.75, 3.05) is 33.2 Å². The SMILES string of the molecule is CCCCCNC(=O)c1ccc(Nc2cc(OC)c(OC)c(OC)c2)cn1. The normalized spacial score (nSPS) is 10.2. The van der Waals surface area contributed by atoms with E-state index in [1.807, 2.05) is 0 Å². The van der Waals surface area contributed by atoms with Crippen molar-refractivity contribution in [2.24, 2.45) is 0 Å². The molecule has 0 bridgehead atoms. The van der Waals surface area contributed by atoms with Gasteiger partial charge in [-0.15, -0.1) is 0 Å². The molecule has 0 aliphatic rings. The van der Waals surface area contributed by atoms with Gasteiger partial charge < -0.3 is 24.8 Å². The highest BCUT2D eigenvalue weighted by Gasteiger charge is 2.13. The maximum Gasteiger partial charge on any atom is 0.269 e. The molecule has 1 heterocycles. The fraction of sp³-hybridized carbons (Fsp3) is 0.400. The molecule has 27 heavy (non-hydrogen) atoms. The van der Waals surface area contributed by atoms with E-state index in [2.05, 4.69) is 22.5 Å². The summed E-state index contributed by atoms with van der Waals surface area (Å²) in [6.07, 6.45) is 4.81. The molecular formula is C20H27N3O4. The third-order valence-electron chi connectivity index (χ3n) is 4.02. The summed E-state index contributed by atoms with van der Waals surface area (Å²) in [5.74, 6) is 1.47. The average molecular weight is 373 g/mol. The summed E-state index contributed by atoms with van der Waals surface area (Å²) in [6, 6.07) is 7.10. The minimum absolute atomic E-state index is 0.162. The number of nitrogens with zero attached hydrogens (tertiary/aromatic N) is 1. The molecule has 0 aliphatic heterocycles. The number of amides is 1. The molecule has 146 valence electrons. The first-order chi connectivity index (χ1) is 13.1. The van der Waals surface area contributed by atoms with Gasteiger partial charge in [-0.2, -0.15) is 0 Å². The second-order valence-corrected chi connectivity index (χ2v) is 5.93. The van der Waals surface area contributed by atoms with Crippen molar-refractivity contribution in [3.05, 3.63) is 36.2 Å². The molecule has 1 aromatic heterocycles. The Hall–Kier alpha value is -2.96. The van der Waals surface area contributed by atoms with E-state index in [1.54, 1.807) is 51.8 Å². The molecular weight excluding hydrogens is 346 g/mol. The smallest absolute Gasteiger partial charge is 0.269 e. The molecule has 0 radical (unpaired) electrons. The van der Waals surface area contributed by atoms with Gasteiger partial charge in [0.1, 0.15) is 5.69 Å². The standard InChI is InChI=1S/C20H27N3O4/c1-5-6-7-10-21-20(24)16-9-8-14(13-22-16)23-15-11-17(25-2)19(27-4)18(12-15)26-3/h8-9,11-13,23H,5-7,10H2,1-4H3,(H,21,24). The molecule has 0 atom stereocenters. The van der Waals surface area contributed by atoms with Crippen LogP contribution in [0.1, 0.15) is 36.7 Å². The van der Waals surface area contributed by atoms with E-state index in [0.717, 1.165) is 30.6 Å². The van der Waals surface area contributed by atoms with Gasteiger partial charge in [0, 0.05) is 24.4 Å². The second kappa shape index (κ2) is 10.3. The van der Waals surface area contributed by atoms with Crippen LogP contribution in [-0.4, -0.2) is 38.8 Å². The summed E-state index contributed by atoms with van der Waals surface area (Å²) in [5, 5.41) is 6.10. The Labute approximate surface area is 160 Å². The van der Waals surface area contributed by atoms with Crippen molar-refractivity contribution < 1.29 is 19.0 Å². The van der Waals surface area contributed by atoms with E-state index in [9.17, 15) is 4.79 Å². The minimum atomic E-state index is -0.162. The van der Waals surface area contributed by atoms with E-state index in [4.69, 9.17) is 14.2 Å². The van der Waals surface area contributed by atoms with E-state index in [0.29, 0.717) is 29.5 Å². The first-order valence-corrected chi connectivity index (χ1v) is 8.94. The van der Waals surface area contributed by atoms with Gasteiger partial charge in [-0.1, -0.05) is 19.8 Å². The summed E-state index contributed by atoms with van der Waals surface area (Å²) >= 11 is 0. The lowest BCUT2D eigenvalue weighted by Gasteiger charge is -2.15. The number of aromatic nitrogens is 1. The molecule has 1 amide bonds. The van der Waals surface area contributed by atoms with Gasteiger partial charge in [0.15, 0.2) is 11.5 Å². The predicted octanol–water partition coefficient (Wildman–Crippen LogP) is 3.77. The van der Waals surface area contributed by atoms with E-state index < -0.39 is 0 Å². The lowest BCUT2D eigenvalue weighted by atomic mass is 10.2. The predicted molar refractivity (Wildman–Crippen MR) is 105 cm³/mol. The van der Waals surface area contributed by atoms with Crippen LogP contribution in [0.2, 0.25) is 0 Å². The zero-order valence-corrected chi connectivity index (χ0v) is 16.3. The van der Waals surface area contributed by atoms with Gasteiger partial charge in [-0.3, -0.25) is 4.79 Å². The van der Waals surface area contributed by atoms with Crippen LogP contribution in [0.5, 0.6) is 17.2 Å². The lowest BCUT2D eigenvalue weighted by molar-refractivity contribution is 0.0948. The molecule has 2 rings (SSSR count). The highest BCUT2D eigenvalue weighted by molar-refractivity contribution is 5.92. The molecule has 7 heteroatoms. The first-order valence-electron chi connectivity index (χ1n) is 8.94. The topological polar surface area (TPSA) is 81.7 Å². The molecule has 2 aromatic rings. The van der Waals surface area contributed by atoms with Crippen LogP contribution in [0.4, 0.5) is 11.4 Å². The fourth-order valence-electron chi connectivity index (χ4n) is 2.59. The zero-order chi connectivity index (χ0) is 19.6. The largest absolute Gasteiger partial charge is 0.493 e. The highest BCUT2D eigenvalue weighted by atomic mass is 16.5. The highest BCUT2D eigenvalue weighted by Crippen LogP contribution is 2.40. The first kappa shape index (κ1) is 20.4. The third-order valence-corrected chi connectivity index (χ3v) is 4.02. The van der Waals surface area contributed by atoms with Crippen molar-refractivity contribution in [1.29, 1.82) is 0 Å². The van der Waals surface area contributed by atoms with Crippen LogP contribution in [0.3, 0.4) is 0 Å². The van der Waals surface area contributed by atoms with Gasteiger partial charge in [-0.05, 0) is 18.6 Å². The molecule has 1 aromatic carbocycles. The Morgan fingerprint density at radius 1 is 1.00 bits per heavy atom. The number of carbonyl (C=O) groups excluding carboxylic acids is 1. The van der Waals surface area contributed by atoms with E-state index >= 15 is 0 Å². The summed E-state index contributed by atoms with van der Waals surface area (Å²) in [6.45, 7) is 2.79. The Balaban J connectivity index is 2.07. The Morgan fingerprint density at radius 3 is 2.22 bits per heavy atom. The number of anilines is 2. The van der Waals surface area contributed by atoms with Crippen LogP contribution in [0.25, 0.3) is 0 Å². The number of methoxy groups -OCH3 is 3. The fourth-order valence-corrected chi connectivity index (χ4v) is 2.59. The van der Waals surface area contributed by atoms with Crippen molar-refractivity contribution in [3.63, 3.8) is 0 Å². The van der Waals surface area contributed by atoms with E-state index in [1.165, 1.54) is 0 Å². The quantitative estimate of drug-likeness (QED) is 0.617. The molecule has 0 spiro atoms. The lowest BCUT2D eigenvalue weighted by Crippen LogP contribution is -2.25. The maximum absolute atomic E-state index is 12.1. The summed E-state index contributed by atoms with van der Waals surface area (Å²) in [7, 11) is 4.69. The number of carbonyl (C=O) groups is 1. The van der Waals surface area contributed by atoms with Crippen molar-refractivity contribution in [2.45, 2.75) is 26.2 Å². The number of hydrogen-bond acceptors (Lipinski definition) is 6. The summed E-state index contributed by atoms with van der Waals surface area (Å²) in [4.78, 5) is 16.3. The van der Waals surface area contributed by atoms with Gasteiger partial charge in [0.2, 0.25) is 5.75 Å². The van der Waals surface area contributed by atoms with Crippen molar-refractivity contribution >= 4 is 17.3 Å². The molecule has 2 N–H and O–H groups in total. The average Bonchev–Trinajstić information content (AvgIpc) is 2.70. The zero-order valence-electron chi connectivity index (χ0n) is 16.3. The van der Waals surface area contributed by atoms with Crippen molar-refractivity contribution in [3.8, 4) is 17.2 Å². The number of nitrogens with one attached hydrogen (secondary N) is 2. The molecule has 0 fully saturated rings. The monoisotopic (exact) mass is 373 g/mol. The number of pyridine rings is 1. The van der Waals surface area contributed by atoms with Crippen LogP contribution >= 0.6 is 0 Å². The van der Waals surface area contributed by atoms with Crippen LogP contribution < -0.4 is 24.8 Å². The van der Waals surface area contributed by atoms with Crippen LogP contribution in [-0.2, 0) is 0 Å². The Morgan fingerprint density at radius 2 is 1.70 bits per heavy atom. The van der Waals surface area contributed by atoms with Crippen LogP contribution in [0, 0.1) is 0 Å². The van der Waals surface area contributed by atoms with Crippen molar-refractivity contribution in [1.82, 2.24) is 10.3 Å².